The fourth-order valence-corrected chi connectivity index (χ4v) is 6.05. The first-order chi connectivity index (χ1) is 18.0. The Morgan fingerprint density at radius 1 is 1.11 bits per heavy atom. The van der Waals surface area contributed by atoms with Gasteiger partial charge in [-0.05, 0) is 73.7 Å². The van der Waals surface area contributed by atoms with Gasteiger partial charge in [0.25, 0.3) is 5.92 Å². The summed E-state index contributed by atoms with van der Waals surface area (Å²) >= 11 is 0. The van der Waals surface area contributed by atoms with Gasteiger partial charge < -0.3 is 16.5 Å². The van der Waals surface area contributed by atoms with Crippen LogP contribution in [0.4, 0.5) is 26.1 Å². The van der Waals surface area contributed by atoms with E-state index in [9.17, 15) is 8.78 Å². The predicted octanol–water partition coefficient (Wildman–Crippen LogP) is 4.93. The molecule has 196 valence electrons. The van der Waals surface area contributed by atoms with E-state index in [1.54, 1.807) is 12.4 Å². The fourth-order valence-electron chi connectivity index (χ4n) is 6.05. The van der Waals surface area contributed by atoms with Crippen molar-refractivity contribution in [2.45, 2.75) is 74.8 Å². The molecule has 2 aromatic heterocycles. The third-order valence-electron chi connectivity index (χ3n) is 8.26. The van der Waals surface area contributed by atoms with Crippen LogP contribution in [-0.4, -0.2) is 33.3 Å². The first-order valence-corrected chi connectivity index (χ1v) is 13.3. The number of fused-ring (bicyclic) bond motifs is 1. The van der Waals surface area contributed by atoms with Crippen LogP contribution in [0.25, 0.3) is 0 Å². The number of hydrogen-bond acceptors (Lipinski definition) is 7. The van der Waals surface area contributed by atoms with Crippen LogP contribution in [0.3, 0.4) is 0 Å². The van der Waals surface area contributed by atoms with Gasteiger partial charge in [-0.25, -0.2) is 13.8 Å². The Balaban J connectivity index is 1.16. The number of nitrogens with one attached hydrogen (secondary N) is 4. The Bertz CT molecular complexity index is 1220. The van der Waals surface area contributed by atoms with Crippen LogP contribution in [0.5, 0.6) is 0 Å². The molecule has 6 rings (SSSR count). The average Bonchev–Trinajstić information content (AvgIpc) is 3.56. The summed E-state index contributed by atoms with van der Waals surface area (Å²) in [5.41, 5.74) is 19.3. The van der Waals surface area contributed by atoms with Gasteiger partial charge in [-0.2, -0.15) is 5.10 Å². The molecule has 10 heteroatoms. The fraction of sp³-hybridized carbons (Fsp3) is 0.481. The molecule has 2 atom stereocenters. The number of halogens is 2. The summed E-state index contributed by atoms with van der Waals surface area (Å²) < 4.78 is 29.6. The minimum absolute atomic E-state index is 0.0798. The van der Waals surface area contributed by atoms with E-state index in [-0.39, 0.29) is 12.3 Å². The second-order valence-corrected chi connectivity index (χ2v) is 10.6. The monoisotopic (exact) mass is 508 g/mol. The van der Waals surface area contributed by atoms with E-state index < -0.39 is 12.0 Å². The highest BCUT2D eigenvalue weighted by atomic mass is 19.3. The van der Waals surface area contributed by atoms with Gasteiger partial charge in [0.05, 0.1) is 11.9 Å². The van der Waals surface area contributed by atoms with E-state index >= 15 is 0 Å². The highest BCUT2D eigenvalue weighted by Crippen LogP contribution is 2.47. The lowest BCUT2D eigenvalue weighted by Crippen LogP contribution is -2.40. The van der Waals surface area contributed by atoms with Crippen molar-refractivity contribution < 1.29 is 8.78 Å². The van der Waals surface area contributed by atoms with Crippen LogP contribution in [0.2, 0.25) is 0 Å². The summed E-state index contributed by atoms with van der Waals surface area (Å²) in [7, 11) is 0. The van der Waals surface area contributed by atoms with Gasteiger partial charge in [0.1, 0.15) is 11.9 Å². The summed E-state index contributed by atoms with van der Waals surface area (Å²) in [6.45, 7) is 0.800. The molecule has 1 aliphatic heterocycles. The molecule has 2 saturated carbocycles. The van der Waals surface area contributed by atoms with Gasteiger partial charge in [-0.15, -0.1) is 5.53 Å². The van der Waals surface area contributed by atoms with Gasteiger partial charge in [-0.3, -0.25) is 10.1 Å². The zero-order valence-electron chi connectivity index (χ0n) is 20.8. The summed E-state index contributed by atoms with van der Waals surface area (Å²) in [5.74, 6) is -1.11. The van der Waals surface area contributed by atoms with Crippen molar-refractivity contribution in [3.05, 3.63) is 65.5 Å². The Morgan fingerprint density at radius 2 is 1.92 bits per heavy atom. The molecule has 0 amide bonds. The minimum Gasteiger partial charge on any atom is -0.384 e. The highest BCUT2D eigenvalue weighted by molar-refractivity contribution is 5.75. The van der Waals surface area contributed by atoms with Crippen LogP contribution >= 0.6 is 0 Å². The van der Waals surface area contributed by atoms with E-state index in [0.717, 1.165) is 42.6 Å². The quantitative estimate of drug-likeness (QED) is 0.294. The van der Waals surface area contributed by atoms with Crippen molar-refractivity contribution in [3.63, 3.8) is 0 Å². The maximum absolute atomic E-state index is 14.1. The molecule has 0 radical (unpaired) electrons. The van der Waals surface area contributed by atoms with Gasteiger partial charge >= 0.3 is 0 Å². The molecule has 0 spiro atoms. The maximum Gasteiger partial charge on any atom is 0.270 e. The van der Waals surface area contributed by atoms with Crippen LogP contribution in [0.1, 0.15) is 79.5 Å². The topological polar surface area (TPSA) is 105 Å². The summed E-state index contributed by atoms with van der Waals surface area (Å²) in [5, 5.41) is 8.11. The van der Waals surface area contributed by atoms with E-state index in [2.05, 4.69) is 62.1 Å². The molecule has 37 heavy (non-hydrogen) atoms. The Hall–Kier alpha value is -3.24. The third-order valence-corrected chi connectivity index (χ3v) is 8.26. The molecular formula is C27H34F2N8. The normalized spacial score (nSPS) is 25.0. The lowest BCUT2D eigenvalue weighted by Gasteiger charge is -2.36. The smallest absolute Gasteiger partial charge is 0.270 e. The first kappa shape index (κ1) is 24.1. The van der Waals surface area contributed by atoms with Crippen molar-refractivity contribution in [3.8, 4) is 0 Å². The summed E-state index contributed by atoms with van der Waals surface area (Å²) in [6.07, 6.45) is 9.31. The number of aromatic nitrogens is 3. The molecule has 0 bridgehead atoms. The molecule has 2 unspecified atom stereocenters. The number of nitrogen functional groups attached to an aromatic ring is 1. The van der Waals surface area contributed by atoms with E-state index in [4.69, 9.17) is 5.73 Å². The van der Waals surface area contributed by atoms with Crippen LogP contribution in [-0.2, 0) is 0 Å². The minimum atomic E-state index is -2.70. The van der Waals surface area contributed by atoms with Gasteiger partial charge in [0, 0.05) is 24.6 Å². The van der Waals surface area contributed by atoms with Crippen molar-refractivity contribution in [2.24, 2.45) is 0 Å². The van der Waals surface area contributed by atoms with Crippen molar-refractivity contribution >= 4 is 17.3 Å². The molecule has 0 saturated heterocycles. The van der Waals surface area contributed by atoms with Gasteiger partial charge in [0.2, 0.25) is 0 Å². The largest absolute Gasteiger partial charge is 0.384 e. The van der Waals surface area contributed by atoms with Crippen molar-refractivity contribution in [1.82, 2.24) is 25.6 Å². The maximum atomic E-state index is 14.1. The molecule has 3 heterocycles. The number of nitrogens with two attached hydrogens (primary N) is 1. The molecule has 2 fully saturated rings. The SMILES string of the molecule is Nc1cc(C(CCN[C@H]2CC[C@H](c3ccccc3)CC2)c2cnn(C3CCC3(F)F)c2)c2c(n1)NNN2. The van der Waals surface area contributed by atoms with Crippen LogP contribution in [0.15, 0.2) is 48.8 Å². The van der Waals surface area contributed by atoms with Crippen molar-refractivity contribution in [1.29, 1.82) is 0 Å². The number of anilines is 3. The predicted molar refractivity (Wildman–Crippen MR) is 140 cm³/mol. The molecule has 3 aromatic rings. The standard InChI is InChI=1S/C27H34F2N8/c28-27(29)12-10-23(27)37-16-19(15-32-37)21(22-14-24(30)33-26-25(22)34-36-35-26)11-13-31-20-8-6-18(7-9-20)17-4-2-1-3-5-17/h1-5,14-16,18,20-21,23,31,34,36H,6-13H2,(H3,30,33,35)/t18-,20-,21?,23?. The van der Waals surface area contributed by atoms with E-state index in [0.29, 0.717) is 30.0 Å². The van der Waals surface area contributed by atoms with Gasteiger partial charge in [-0.1, -0.05) is 30.3 Å². The number of hydrogen-bond donors (Lipinski definition) is 5. The van der Waals surface area contributed by atoms with E-state index in [1.807, 2.05) is 6.07 Å². The molecule has 2 aliphatic carbocycles. The summed E-state index contributed by atoms with van der Waals surface area (Å²) in [6, 6.07) is 12.3. The Kier molecular flexibility index (Phi) is 6.46. The van der Waals surface area contributed by atoms with E-state index in [1.165, 1.54) is 23.1 Å². The zero-order valence-corrected chi connectivity index (χ0v) is 20.8. The highest BCUT2D eigenvalue weighted by Gasteiger charge is 2.50. The second kappa shape index (κ2) is 9.90. The van der Waals surface area contributed by atoms with Crippen LogP contribution < -0.4 is 27.4 Å². The molecular weight excluding hydrogens is 474 g/mol. The first-order valence-electron chi connectivity index (χ1n) is 13.3. The average molecular weight is 509 g/mol. The third kappa shape index (κ3) is 4.87. The lowest BCUT2D eigenvalue weighted by molar-refractivity contribution is -0.126. The molecule has 3 aliphatic rings. The molecule has 8 nitrogen and oxygen atoms in total. The number of pyridine rings is 1. The lowest BCUT2D eigenvalue weighted by atomic mass is 9.81. The zero-order chi connectivity index (χ0) is 25.4. The number of alkyl halides is 2. The van der Waals surface area contributed by atoms with Crippen molar-refractivity contribution in [2.75, 3.05) is 23.1 Å². The Morgan fingerprint density at radius 3 is 2.65 bits per heavy atom. The number of benzene rings is 1. The second-order valence-electron chi connectivity index (χ2n) is 10.6. The van der Waals surface area contributed by atoms with Crippen LogP contribution in [0, 0.1) is 0 Å². The molecule has 6 N–H and O–H groups in total. The number of nitrogens with zero attached hydrogens (tertiary/aromatic N) is 3. The number of rotatable bonds is 8. The number of hydrazine groups is 2. The molecule has 1 aromatic carbocycles. The summed E-state index contributed by atoms with van der Waals surface area (Å²) in [4.78, 5) is 4.36. The Labute approximate surface area is 215 Å². The van der Waals surface area contributed by atoms with Gasteiger partial charge in [0.15, 0.2) is 5.82 Å².